The van der Waals surface area contributed by atoms with E-state index in [-0.39, 0.29) is 0 Å². The molecule has 15 heavy (non-hydrogen) atoms. The highest BCUT2D eigenvalue weighted by Gasteiger charge is 2.18. The van der Waals surface area contributed by atoms with Gasteiger partial charge in [0.1, 0.15) is 0 Å². The molecule has 1 aromatic rings. The summed E-state index contributed by atoms with van der Waals surface area (Å²) in [6.07, 6.45) is 3.65. The van der Waals surface area contributed by atoms with E-state index in [0.717, 1.165) is 13.0 Å². The Bertz CT molecular complexity index is 319. The molecular weight excluding hydrogens is 204 g/mol. The van der Waals surface area contributed by atoms with Crippen molar-refractivity contribution in [1.29, 1.82) is 0 Å². The molecule has 0 atom stereocenters. The summed E-state index contributed by atoms with van der Waals surface area (Å²) in [5, 5.41) is 2.30. The zero-order valence-electron chi connectivity index (χ0n) is 9.46. The molecule has 1 aliphatic heterocycles. The SMILES string of the molecule is Cc1csc2c1CCN(CCCCN)C2. The van der Waals surface area contributed by atoms with Gasteiger partial charge in [-0.1, -0.05) is 0 Å². The van der Waals surface area contributed by atoms with Crippen molar-refractivity contribution in [3.8, 4) is 0 Å². The van der Waals surface area contributed by atoms with E-state index in [0.29, 0.717) is 0 Å². The average Bonchev–Trinajstić information content (AvgIpc) is 2.61. The summed E-state index contributed by atoms with van der Waals surface area (Å²) in [6, 6.07) is 0. The zero-order chi connectivity index (χ0) is 10.7. The number of nitrogens with zero attached hydrogens (tertiary/aromatic N) is 1. The highest BCUT2D eigenvalue weighted by molar-refractivity contribution is 7.10. The van der Waals surface area contributed by atoms with Crippen LogP contribution in [0.3, 0.4) is 0 Å². The zero-order valence-corrected chi connectivity index (χ0v) is 10.3. The predicted octanol–water partition coefficient (Wildman–Crippen LogP) is 2.15. The fourth-order valence-electron chi connectivity index (χ4n) is 2.21. The molecule has 1 aliphatic rings. The van der Waals surface area contributed by atoms with Crippen molar-refractivity contribution < 1.29 is 0 Å². The van der Waals surface area contributed by atoms with E-state index in [1.807, 2.05) is 11.3 Å². The molecule has 0 radical (unpaired) electrons. The van der Waals surface area contributed by atoms with Crippen molar-refractivity contribution in [1.82, 2.24) is 4.90 Å². The van der Waals surface area contributed by atoms with Gasteiger partial charge in [0.2, 0.25) is 0 Å². The molecule has 0 saturated carbocycles. The smallest absolute Gasteiger partial charge is 0.0330 e. The van der Waals surface area contributed by atoms with Gasteiger partial charge in [0.05, 0.1) is 0 Å². The van der Waals surface area contributed by atoms with Gasteiger partial charge in [-0.05, 0) is 55.8 Å². The fraction of sp³-hybridized carbons (Fsp3) is 0.667. The first-order chi connectivity index (χ1) is 7.31. The van der Waals surface area contributed by atoms with Crippen molar-refractivity contribution >= 4 is 11.3 Å². The lowest BCUT2D eigenvalue weighted by molar-refractivity contribution is 0.252. The summed E-state index contributed by atoms with van der Waals surface area (Å²) in [5.41, 5.74) is 8.62. The Hall–Kier alpha value is -0.380. The Morgan fingerprint density at radius 3 is 3.13 bits per heavy atom. The summed E-state index contributed by atoms with van der Waals surface area (Å²) < 4.78 is 0. The van der Waals surface area contributed by atoms with E-state index in [2.05, 4.69) is 17.2 Å². The molecule has 0 spiro atoms. The second-order valence-electron chi connectivity index (χ2n) is 4.34. The van der Waals surface area contributed by atoms with E-state index in [4.69, 9.17) is 5.73 Å². The van der Waals surface area contributed by atoms with Crippen LogP contribution in [0.5, 0.6) is 0 Å². The van der Waals surface area contributed by atoms with Crippen molar-refractivity contribution in [2.24, 2.45) is 5.73 Å². The highest BCUT2D eigenvalue weighted by atomic mass is 32.1. The maximum Gasteiger partial charge on any atom is 0.0330 e. The molecule has 84 valence electrons. The third-order valence-corrected chi connectivity index (χ3v) is 4.30. The molecule has 0 unspecified atom stereocenters. The van der Waals surface area contributed by atoms with Crippen LogP contribution in [0.15, 0.2) is 5.38 Å². The lowest BCUT2D eigenvalue weighted by Crippen LogP contribution is -2.30. The third kappa shape index (κ3) is 2.60. The van der Waals surface area contributed by atoms with Gasteiger partial charge in [-0.25, -0.2) is 0 Å². The van der Waals surface area contributed by atoms with Crippen LogP contribution >= 0.6 is 11.3 Å². The number of unbranched alkanes of at least 4 members (excludes halogenated alkanes) is 1. The molecule has 0 aromatic carbocycles. The Morgan fingerprint density at radius 2 is 2.33 bits per heavy atom. The van der Waals surface area contributed by atoms with Crippen LogP contribution in [-0.4, -0.2) is 24.5 Å². The average molecular weight is 224 g/mol. The van der Waals surface area contributed by atoms with Crippen LogP contribution in [0.1, 0.15) is 28.8 Å². The molecule has 0 bridgehead atoms. The molecule has 2 N–H and O–H groups in total. The minimum Gasteiger partial charge on any atom is -0.330 e. The van der Waals surface area contributed by atoms with Crippen molar-refractivity contribution in [3.05, 3.63) is 21.4 Å². The van der Waals surface area contributed by atoms with Crippen molar-refractivity contribution in [3.63, 3.8) is 0 Å². The van der Waals surface area contributed by atoms with Crippen molar-refractivity contribution in [2.75, 3.05) is 19.6 Å². The molecule has 0 amide bonds. The largest absolute Gasteiger partial charge is 0.330 e. The number of hydrogen-bond acceptors (Lipinski definition) is 3. The van der Waals surface area contributed by atoms with Gasteiger partial charge in [-0.2, -0.15) is 0 Å². The van der Waals surface area contributed by atoms with Gasteiger partial charge >= 0.3 is 0 Å². The lowest BCUT2D eigenvalue weighted by Gasteiger charge is -2.27. The van der Waals surface area contributed by atoms with Gasteiger partial charge in [0.15, 0.2) is 0 Å². The van der Waals surface area contributed by atoms with Crippen LogP contribution in [0.2, 0.25) is 0 Å². The van der Waals surface area contributed by atoms with Gasteiger partial charge in [0, 0.05) is 18.0 Å². The third-order valence-electron chi connectivity index (χ3n) is 3.16. The van der Waals surface area contributed by atoms with Crippen LogP contribution in [0, 0.1) is 6.92 Å². The number of rotatable bonds is 4. The van der Waals surface area contributed by atoms with E-state index in [9.17, 15) is 0 Å². The second kappa shape index (κ2) is 5.10. The Labute approximate surface area is 96.1 Å². The molecule has 0 saturated heterocycles. The maximum atomic E-state index is 5.51. The van der Waals surface area contributed by atoms with Crippen LogP contribution in [0.25, 0.3) is 0 Å². The molecule has 1 aromatic heterocycles. The Kier molecular flexibility index (Phi) is 3.78. The van der Waals surface area contributed by atoms with E-state index < -0.39 is 0 Å². The topological polar surface area (TPSA) is 29.3 Å². The maximum absolute atomic E-state index is 5.51. The van der Waals surface area contributed by atoms with Gasteiger partial charge in [-0.3, -0.25) is 4.90 Å². The summed E-state index contributed by atoms with van der Waals surface area (Å²) in [7, 11) is 0. The van der Waals surface area contributed by atoms with Crippen LogP contribution < -0.4 is 5.73 Å². The summed E-state index contributed by atoms with van der Waals surface area (Å²) in [4.78, 5) is 4.15. The van der Waals surface area contributed by atoms with Gasteiger partial charge < -0.3 is 5.73 Å². The number of thiophene rings is 1. The molecular formula is C12H20N2S. The quantitative estimate of drug-likeness (QED) is 0.794. The molecule has 3 heteroatoms. The molecule has 2 rings (SSSR count). The number of fused-ring (bicyclic) bond motifs is 1. The van der Waals surface area contributed by atoms with Gasteiger partial charge in [0.25, 0.3) is 0 Å². The van der Waals surface area contributed by atoms with E-state index >= 15 is 0 Å². The fourth-order valence-corrected chi connectivity index (χ4v) is 3.34. The summed E-state index contributed by atoms with van der Waals surface area (Å²) >= 11 is 1.93. The molecule has 0 fully saturated rings. The number of nitrogens with two attached hydrogens (primary N) is 1. The normalized spacial score (nSPS) is 16.7. The molecule has 0 aliphatic carbocycles. The number of hydrogen-bond donors (Lipinski definition) is 1. The Balaban J connectivity index is 1.89. The minimum atomic E-state index is 0.831. The number of aryl methyl sites for hydroxylation is 1. The monoisotopic (exact) mass is 224 g/mol. The van der Waals surface area contributed by atoms with Crippen LogP contribution in [-0.2, 0) is 13.0 Å². The lowest BCUT2D eigenvalue weighted by atomic mass is 10.0. The highest BCUT2D eigenvalue weighted by Crippen LogP contribution is 2.27. The summed E-state index contributed by atoms with van der Waals surface area (Å²) in [5.74, 6) is 0. The van der Waals surface area contributed by atoms with E-state index in [1.165, 1.54) is 38.0 Å². The van der Waals surface area contributed by atoms with Gasteiger partial charge in [-0.15, -0.1) is 11.3 Å². The first-order valence-electron chi connectivity index (χ1n) is 5.79. The van der Waals surface area contributed by atoms with Crippen LogP contribution in [0.4, 0.5) is 0 Å². The first kappa shape index (κ1) is 11.1. The minimum absolute atomic E-state index is 0.831. The molecule has 2 nitrogen and oxygen atoms in total. The predicted molar refractivity (Wildman–Crippen MR) is 66.3 cm³/mol. The van der Waals surface area contributed by atoms with Crippen molar-refractivity contribution in [2.45, 2.75) is 32.7 Å². The standard InChI is InChI=1S/C12H20N2S/c1-10-9-15-12-8-14(6-3-2-5-13)7-4-11(10)12/h9H,2-8,13H2,1H3. The molecule has 2 heterocycles. The Morgan fingerprint density at radius 1 is 1.47 bits per heavy atom. The van der Waals surface area contributed by atoms with E-state index in [1.54, 1.807) is 10.4 Å². The first-order valence-corrected chi connectivity index (χ1v) is 6.67. The second-order valence-corrected chi connectivity index (χ2v) is 5.31. The summed E-state index contributed by atoms with van der Waals surface area (Å²) in [6.45, 7) is 6.68.